The van der Waals surface area contributed by atoms with E-state index in [-0.39, 0.29) is 12.2 Å². The van der Waals surface area contributed by atoms with Crippen molar-refractivity contribution in [3.8, 4) is 0 Å². The third kappa shape index (κ3) is 5.03. The zero-order valence-corrected chi connectivity index (χ0v) is 15.3. The third-order valence-electron chi connectivity index (χ3n) is 3.86. The number of anilines is 1. The zero-order chi connectivity index (χ0) is 20.3. The topological polar surface area (TPSA) is 163 Å². The first-order valence-corrected chi connectivity index (χ1v) is 9.95. The van der Waals surface area contributed by atoms with Crippen LogP contribution in [0.3, 0.4) is 0 Å². The highest BCUT2D eigenvalue weighted by Gasteiger charge is 2.41. The number of nitrogen functional groups attached to an aromatic ring is 1. The van der Waals surface area contributed by atoms with Gasteiger partial charge in [-0.3, -0.25) is 9.13 Å². The first kappa shape index (κ1) is 20.2. The second kappa shape index (κ2) is 8.21. The zero-order valence-electron chi connectivity index (χ0n) is 14.5. The molecule has 150 valence electrons. The molecule has 0 radical (unpaired) electrons. The van der Waals surface area contributed by atoms with Gasteiger partial charge in [0.15, 0.2) is 25.0 Å². The van der Waals surface area contributed by atoms with E-state index >= 15 is 0 Å². The lowest BCUT2D eigenvalue weighted by atomic mass is 10.2. The van der Waals surface area contributed by atoms with Crippen LogP contribution in [-0.4, -0.2) is 44.0 Å². The molecule has 12 heteroatoms. The molecule has 1 aliphatic heterocycles. The Labute approximate surface area is 158 Å². The van der Waals surface area contributed by atoms with Crippen molar-refractivity contribution in [1.29, 1.82) is 0 Å². The van der Waals surface area contributed by atoms with Gasteiger partial charge in [-0.15, -0.1) is 0 Å². The first-order valence-electron chi connectivity index (χ1n) is 8.15. The van der Waals surface area contributed by atoms with Crippen molar-refractivity contribution < 1.29 is 33.4 Å². The summed E-state index contributed by atoms with van der Waals surface area (Å²) in [6, 6.07) is 9.56. The lowest BCUT2D eigenvalue weighted by molar-refractivity contribution is -0.147. The molecule has 0 bridgehead atoms. The van der Waals surface area contributed by atoms with Crippen LogP contribution in [-0.2, 0) is 18.8 Å². The lowest BCUT2D eigenvalue weighted by Gasteiger charge is -2.20. The van der Waals surface area contributed by atoms with Crippen LogP contribution >= 0.6 is 7.60 Å². The quantitative estimate of drug-likeness (QED) is 0.449. The van der Waals surface area contributed by atoms with E-state index in [0.29, 0.717) is 5.56 Å². The van der Waals surface area contributed by atoms with Gasteiger partial charge in [0.2, 0.25) is 0 Å². The third-order valence-corrected chi connectivity index (χ3v) is 4.34. The maximum absolute atomic E-state index is 12.4. The number of hydrogen-bond acceptors (Lipinski definition) is 8. The Morgan fingerprint density at radius 3 is 2.68 bits per heavy atom. The van der Waals surface area contributed by atoms with Crippen molar-refractivity contribution in [3.63, 3.8) is 0 Å². The van der Waals surface area contributed by atoms with Gasteiger partial charge in [0.25, 0.3) is 0 Å². The number of aromatic nitrogens is 2. The predicted molar refractivity (Wildman–Crippen MR) is 95.1 cm³/mol. The summed E-state index contributed by atoms with van der Waals surface area (Å²) >= 11 is 0. The maximum Gasteiger partial charge on any atom is 0.351 e. The molecule has 3 atom stereocenters. The molecule has 1 aromatic carbocycles. The summed E-state index contributed by atoms with van der Waals surface area (Å²) in [7, 11) is -4.43. The summed E-state index contributed by atoms with van der Waals surface area (Å²) in [5.74, 6) is -0.641. The molecule has 11 nitrogen and oxygen atoms in total. The molecule has 1 unspecified atom stereocenters. The Morgan fingerprint density at radius 2 is 2.04 bits per heavy atom. The van der Waals surface area contributed by atoms with Crippen LogP contribution in [0, 0.1) is 0 Å². The highest BCUT2D eigenvalue weighted by Crippen LogP contribution is 2.38. The number of carbonyl (C=O) groups is 1. The normalized spacial score (nSPS) is 22.1. The van der Waals surface area contributed by atoms with E-state index in [4.69, 9.17) is 29.7 Å². The molecule has 2 aromatic rings. The van der Waals surface area contributed by atoms with Crippen LogP contribution in [0.4, 0.5) is 5.82 Å². The summed E-state index contributed by atoms with van der Waals surface area (Å²) < 4.78 is 28.2. The Balaban J connectivity index is 1.81. The SMILES string of the molecule is Nc1ccn([C@@H]2O[C@H](OCP(=O)(O)O)CC2OC(=O)c2ccccc2)c(=O)n1. The number of nitrogens with two attached hydrogens (primary N) is 1. The largest absolute Gasteiger partial charge is 0.454 e. The molecular formula is C16H18N3O8P. The number of rotatable bonds is 6. The van der Waals surface area contributed by atoms with Gasteiger partial charge < -0.3 is 29.7 Å². The van der Waals surface area contributed by atoms with Crippen molar-refractivity contribution in [2.75, 3.05) is 12.1 Å². The average molecular weight is 411 g/mol. The molecular weight excluding hydrogens is 393 g/mol. The van der Waals surface area contributed by atoms with Crippen LogP contribution in [0.2, 0.25) is 0 Å². The molecule has 0 saturated carbocycles. The van der Waals surface area contributed by atoms with Crippen LogP contribution in [0.1, 0.15) is 23.0 Å². The van der Waals surface area contributed by atoms with Crippen molar-refractivity contribution >= 4 is 19.4 Å². The van der Waals surface area contributed by atoms with Crippen LogP contribution in [0.5, 0.6) is 0 Å². The van der Waals surface area contributed by atoms with Gasteiger partial charge in [-0.1, -0.05) is 18.2 Å². The Hall–Kier alpha value is -2.56. The van der Waals surface area contributed by atoms with Crippen LogP contribution < -0.4 is 11.4 Å². The van der Waals surface area contributed by atoms with E-state index in [1.54, 1.807) is 30.3 Å². The van der Waals surface area contributed by atoms with E-state index in [0.717, 1.165) is 4.57 Å². The van der Waals surface area contributed by atoms with E-state index in [2.05, 4.69) is 4.98 Å². The average Bonchev–Trinajstić information content (AvgIpc) is 3.03. The minimum atomic E-state index is -4.43. The van der Waals surface area contributed by atoms with Crippen molar-refractivity contribution in [1.82, 2.24) is 9.55 Å². The van der Waals surface area contributed by atoms with Gasteiger partial charge in [0.1, 0.15) is 5.82 Å². The van der Waals surface area contributed by atoms with Gasteiger partial charge in [-0.05, 0) is 18.2 Å². The fourth-order valence-corrected chi connectivity index (χ4v) is 3.00. The Bertz CT molecular complexity index is 944. The molecule has 1 fully saturated rings. The number of hydrogen-bond donors (Lipinski definition) is 3. The second-order valence-corrected chi connectivity index (χ2v) is 7.59. The minimum Gasteiger partial charge on any atom is -0.454 e. The molecule has 2 heterocycles. The van der Waals surface area contributed by atoms with E-state index in [1.807, 2.05) is 0 Å². The van der Waals surface area contributed by atoms with Gasteiger partial charge >= 0.3 is 19.3 Å². The highest BCUT2D eigenvalue weighted by atomic mass is 31.2. The number of benzene rings is 1. The summed E-state index contributed by atoms with van der Waals surface area (Å²) in [5, 5.41) is 0. The number of carbonyl (C=O) groups excluding carboxylic acids is 1. The van der Waals surface area contributed by atoms with Gasteiger partial charge in [-0.2, -0.15) is 4.98 Å². The molecule has 1 aromatic heterocycles. The maximum atomic E-state index is 12.4. The fourth-order valence-electron chi connectivity index (χ4n) is 2.64. The van der Waals surface area contributed by atoms with Crippen molar-refractivity contribution in [2.45, 2.75) is 25.0 Å². The van der Waals surface area contributed by atoms with Crippen molar-refractivity contribution in [3.05, 3.63) is 58.6 Å². The van der Waals surface area contributed by atoms with E-state index < -0.39 is 44.2 Å². The van der Waals surface area contributed by atoms with Crippen molar-refractivity contribution in [2.24, 2.45) is 0 Å². The number of esters is 1. The number of ether oxygens (including phenoxy) is 3. The van der Waals surface area contributed by atoms with Gasteiger partial charge in [-0.25, -0.2) is 9.59 Å². The molecule has 1 aliphatic rings. The molecule has 0 amide bonds. The lowest BCUT2D eigenvalue weighted by Crippen LogP contribution is -2.34. The molecule has 4 N–H and O–H groups in total. The molecule has 0 aliphatic carbocycles. The van der Waals surface area contributed by atoms with Gasteiger partial charge in [0, 0.05) is 12.6 Å². The second-order valence-electron chi connectivity index (χ2n) is 6.00. The predicted octanol–water partition coefficient (Wildman–Crippen LogP) is 0.448. The first-order chi connectivity index (χ1) is 13.2. The monoisotopic (exact) mass is 411 g/mol. The Kier molecular flexibility index (Phi) is 5.92. The fraction of sp³-hybridized carbons (Fsp3) is 0.312. The van der Waals surface area contributed by atoms with Gasteiger partial charge in [0.05, 0.1) is 5.56 Å². The highest BCUT2D eigenvalue weighted by molar-refractivity contribution is 7.51. The van der Waals surface area contributed by atoms with Crippen LogP contribution in [0.25, 0.3) is 0 Å². The summed E-state index contributed by atoms with van der Waals surface area (Å²) in [6.45, 7) is 0. The molecule has 0 spiro atoms. The summed E-state index contributed by atoms with van der Waals surface area (Å²) in [6.07, 6.45) is -2.76. The molecule has 3 rings (SSSR count). The van der Waals surface area contributed by atoms with E-state index in [1.165, 1.54) is 12.3 Å². The van der Waals surface area contributed by atoms with Crippen LogP contribution in [0.15, 0.2) is 47.4 Å². The smallest absolute Gasteiger partial charge is 0.351 e. The molecule has 28 heavy (non-hydrogen) atoms. The minimum absolute atomic E-state index is 0.00590. The summed E-state index contributed by atoms with van der Waals surface area (Å²) in [4.78, 5) is 46.0. The summed E-state index contributed by atoms with van der Waals surface area (Å²) in [5.41, 5.74) is 5.04. The molecule has 1 saturated heterocycles. The van der Waals surface area contributed by atoms with E-state index in [9.17, 15) is 14.2 Å². The Morgan fingerprint density at radius 1 is 1.32 bits per heavy atom. The standard InChI is InChI=1S/C16H18N3O8P/c17-12-6-7-19(16(21)18-12)14-11(8-13(27-14)25-9-28(22,23)24)26-15(20)10-4-2-1-3-5-10/h1-7,11,13-14H,8-9H2,(H2,17,18,21)(H2,22,23,24)/t11?,13-,14+/m0/s1. The number of nitrogens with zero attached hydrogens (tertiary/aromatic N) is 2.